The summed E-state index contributed by atoms with van der Waals surface area (Å²) in [5.74, 6) is 4.23. The smallest absolute Gasteiger partial charge is 0.163 e. The second-order valence-corrected chi connectivity index (χ2v) is 22.1. The third-order valence-corrected chi connectivity index (χ3v) is 17.1. The summed E-state index contributed by atoms with van der Waals surface area (Å²) < 4.78 is 22.2. The third-order valence-electron chi connectivity index (χ3n) is 17.1. The Balaban J connectivity index is 0.851. The monoisotopic (exact) mass is 1090 g/mol. The highest BCUT2D eigenvalue weighted by Gasteiger charge is 2.44. The fraction of sp³-hybridized carbons (Fsp3) is 0. The molecule has 0 amide bonds. The van der Waals surface area contributed by atoms with Crippen LogP contribution in [0.4, 0.5) is 68.2 Å². The van der Waals surface area contributed by atoms with E-state index in [4.69, 9.17) is 14.2 Å². The molecule has 15 aromatic carbocycles. The third kappa shape index (κ3) is 7.47. The van der Waals surface area contributed by atoms with Crippen LogP contribution in [-0.2, 0) is 0 Å². The van der Waals surface area contributed by atoms with E-state index >= 15 is 0 Å². The van der Waals surface area contributed by atoms with Crippen molar-refractivity contribution in [1.82, 2.24) is 0 Å². The number of fused-ring (bicyclic) bond motifs is 9. The van der Waals surface area contributed by atoms with E-state index in [-0.39, 0.29) is 0 Å². The Morgan fingerprint density at radius 2 is 0.447 bits per heavy atom. The van der Waals surface area contributed by atoms with E-state index in [0.717, 1.165) is 118 Å². The maximum Gasteiger partial charge on any atom is 0.163 e. The average molecular weight is 1090 g/mol. The Kier molecular flexibility index (Phi) is 10.3. The van der Waals surface area contributed by atoms with Crippen LogP contribution >= 0.6 is 0 Å². The fourth-order valence-electron chi connectivity index (χ4n) is 13.3. The van der Waals surface area contributed by atoms with Crippen LogP contribution in [0.25, 0.3) is 64.6 Å². The van der Waals surface area contributed by atoms with Gasteiger partial charge in [-0.15, -0.1) is 0 Å². The molecule has 15 aromatic rings. The van der Waals surface area contributed by atoms with Crippen molar-refractivity contribution in [2.45, 2.75) is 0 Å². The second-order valence-electron chi connectivity index (χ2n) is 22.1. The van der Waals surface area contributed by atoms with Gasteiger partial charge < -0.3 is 28.9 Å². The van der Waals surface area contributed by atoms with Gasteiger partial charge in [-0.2, -0.15) is 0 Å². The van der Waals surface area contributed by atoms with Crippen molar-refractivity contribution in [2.75, 3.05) is 19.6 Å². The van der Waals surface area contributed by atoms with Gasteiger partial charge in [0.15, 0.2) is 34.5 Å². The highest BCUT2D eigenvalue weighted by molar-refractivity contribution is 6.15. The minimum Gasteiger partial charge on any atom is -0.452 e. The van der Waals surface area contributed by atoms with Crippen molar-refractivity contribution in [3.8, 4) is 34.5 Å². The summed E-state index contributed by atoms with van der Waals surface area (Å²) in [6.07, 6.45) is 0. The van der Waals surface area contributed by atoms with Crippen molar-refractivity contribution in [3.63, 3.8) is 0 Å². The molecule has 0 saturated heterocycles. The van der Waals surface area contributed by atoms with Gasteiger partial charge in [0, 0.05) is 67.3 Å². The molecule has 7 nitrogen and oxygen atoms in total. The van der Waals surface area contributed by atoms with Crippen LogP contribution in [0.5, 0.6) is 34.5 Å². The quantitative estimate of drug-likeness (QED) is 0.143. The Hall–Kier alpha value is -11.5. The normalized spacial score (nSPS) is 12.5. The Bertz CT molecular complexity index is 4740. The van der Waals surface area contributed by atoms with E-state index in [0.29, 0.717) is 17.2 Å². The Morgan fingerprint density at radius 1 is 0.200 bits per heavy atom. The second kappa shape index (κ2) is 18.5. The van der Waals surface area contributed by atoms with E-state index in [1.165, 1.54) is 32.3 Å². The highest BCUT2D eigenvalue weighted by atomic mass is 16.5. The van der Waals surface area contributed by atoms with Gasteiger partial charge in [-0.05, 0) is 194 Å². The van der Waals surface area contributed by atoms with Crippen LogP contribution in [0.3, 0.4) is 0 Å². The molecule has 0 fully saturated rings. The molecule has 398 valence electrons. The lowest BCUT2D eigenvalue weighted by atomic mass is 9.96. The minimum atomic E-state index is 0.691. The fourth-order valence-corrected chi connectivity index (χ4v) is 13.3. The molecule has 7 heteroatoms. The van der Waals surface area contributed by atoms with E-state index in [1.54, 1.807) is 0 Å². The summed E-state index contributed by atoms with van der Waals surface area (Å²) in [6.45, 7) is 0. The number of hydrogen-bond donors (Lipinski definition) is 0. The molecule has 0 unspecified atom stereocenters. The summed E-state index contributed by atoms with van der Waals surface area (Å²) in [4.78, 5) is 9.33. The zero-order valence-corrected chi connectivity index (χ0v) is 45.7. The maximum atomic E-state index is 7.41. The Labute approximate surface area is 489 Å². The van der Waals surface area contributed by atoms with Gasteiger partial charge >= 0.3 is 0 Å². The van der Waals surface area contributed by atoms with Crippen LogP contribution in [0, 0.1) is 0 Å². The first-order chi connectivity index (χ1) is 42.1. The predicted molar refractivity (Wildman–Crippen MR) is 350 cm³/mol. The molecule has 3 aliphatic rings. The molecule has 0 N–H and O–H groups in total. The van der Waals surface area contributed by atoms with Crippen LogP contribution in [-0.4, -0.2) is 0 Å². The molecule has 18 rings (SSSR count). The first-order valence-corrected chi connectivity index (χ1v) is 28.8. The molecular formula is C78H48N4O3. The van der Waals surface area contributed by atoms with Crippen molar-refractivity contribution in [1.29, 1.82) is 0 Å². The lowest BCUT2D eigenvalue weighted by Gasteiger charge is -2.43. The molecular weight excluding hydrogens is 1040 g/mol. The van der Waals surface area contributed by atoms with Gasteiger partial charge in [0.25, 0.3) is 0 Å². The zero-order chi connectivity index (χ0) is 55.7. The van der Waals surface area contributed by atoms with Crippen LogP contribution in [0.1, 0.15) is 0 Å². The summed E-state index contributed by atoms with van der Waals surface area (Å²) in [6, 6.07) is 104. The molecule has 0 spiro atoms. The van der Waals surface area contributed by atoms with E-state index in [9.17, 15) is 0 Å². The van der Waals surface area contributed by atoms with E-state index in [2.05, 4.69) is 311 Å². The van der Waals surface area contributed by atoms with Gasteiger partial charge in [0.2, 0.25) is 0 Å². The summed E-state index contributed by atoms with van der Waals surface area (Å²) in [5.41, 5.74) is 11.9. The topological polar surface area (TPSA) is 40.6 Å². The number of benzene rings is 15. The first-order valence-electron chi connectivity index (χ1n) is 28.8. The largest absolute Gasteiger partial charge is 0.452 e. The number of hydrogen-bond acceptors (Lipinski definition) is 7. The molecule has 85 heavy (non-hydrogen) atoms. The summed E-state index contributed by atoms with van der Waals surface area (Å²) in [5, 5.41) is 12.9. The number of nitrogens with zero attached hydrogens (tertiary/aromatic N) is 4. The first kappa shape index (κ1) is 47.1. The van der Waals surface area contributed by atoms with Gasteiger partial charge in [0.1, 0.15) is 17.1 Å². The van der Waals surface area contributed by atoms with Gasteiger partial charge in [0.05, 0.1) is 0 Å². The molecule has 0 saturated carbocycles. The van der Waals surface area contributed by atoms with Crippen molar-refractivity contribution < 1.29 is 14.2 Å². The van der Waals surface area contributed by atoms with Crippen LogP contribution in [0.15, 0.2) is 291 Å². The van der Waals surface area contributed by atoms with E-state index in [1.807, 2.05) is 0 Å². The molecule has 0 radical (unpaired) electrons. The molecule has 0 aliphatic carbocycles. The highest BCUT2D eigenvalue weighted by Crippen LogP contribution is 2.70. The maximum absolute atomic E-state index is 7.41. The zero-order valence-electron chi connectivity index (χ0n) is 45.7. The number of ether oxygens (including phenoxy) is 3. The molecule has 3 heterocycles. The van der Waals surface area contributed by atoms with E-state index < -0.39 is 0 Å². The SMILES string of the molecule is c1ccc(N(c2ccc3ccccc3c2)c2ccc3c4c5c(cc3c2)Oc2c3c(cc6cc(N(c7ccccc7)c7ccc8ccccc8c7)ccc26)Oc2c(c(cc6cc(N(c7ccccc7)c7ccc8ccccc8c7)ccc26)O4)N53)cc1. The van der Waals surface area contributed by atoms with Crippen LogP contribution < -0.4 is 33.8 Å². The van der Waals surface area contributed by atoms with Gasteiger partial charge in [-0.1, -0.05) is 146 Å². The lowest BCUT2D eigenvalue weighted by Crippen LogP contribution is -2.24. The summed E-state index contributed by atoms with van der Waals surface area (Å²) in [7, 11) is 0. The Morgan fingerprint density at radius 3 is 0.741 bits per heavy atom. The van der Waals surface area contributed by atoms with Crippen molar-refractivity contribution in [2.24, 2.45) is 0 Å². The predicted octanol–water partition coefficient (Wildman–Crippen LogP) is 22.8. The van der Waals surface area contributed by atoms with Gasteiger partial charge in [-0.25, -0.2) is 0 Å². The number of anilines is 12. The van der Waals surface area contributed by atoms with Gasteiger partial charge in [-0.3, -0.25) is 4.90 Å². The minimum absolute atomic E-state index is 0.691. The average Bonchev–Trinajstić information content (AvgIpc) is 1.50. The molecule has 0 atom stereocenters. The lowest BCUT2D eigenvalue weighted by molar-refractivity contribution is 0.426. The summed E-state index contributed by atoms with van der Waals surface area (Å²) >= 11 is 0. The van der Waals surface area contributed by atoms with Crippen LogP contribution in [0.2, 0.25) is 0 Å². The molecule has 0 bridgehead atoms. The van der Waals surface area contributed by atoms with Crippen molar-refractivity contribution in [3.05, 3.63) is 291 Å². The molecule has 0 aromatic heterocycles. The number of para-hydroxylation sites is 3. The molecule has 3 aliphatic heterocycles. The van der Waals surface area contributed by atoms with Crippen molar-refractivity contribution >= 4 is 133 Å². The standard InChI is InChI=1S/C78H48N4O3/c1-4-22-58(23-5-1)79(61-31-28-49-16-10-13-19-52(49)40-61)64-34-37-67-55(43-64)46-70-73-76(67)84-71-47-56-44-66(81(60-26-8-3-9-27-60)63-33-30-51-18-12-15-21-54(51)42-63)36-39-69(56)78-74(71)82(73)75-72(85-78)48-57-45-65(35-38-68(57)77(75)83-70)80(59-24-6-2-7-25-59)62-32-29-50-17-11-14-20-53(50)41-62/h1-48H. The number of rotatable bonds is 9.